The van der Waals surface area contributed by atoms with Crippen LogP contribution in [-0.4, -0.2) is 17.5 Å². The molecule has 0 aliphatic carbocycles. The van der Waals surface area contributed by atoms with E-state index in [1.165, 1.54) is 11.3 Å². The van der Waals surface area contributed by atoms with Crippen molar-refractivity contribution in [2.45, 2.75) is 6.92 Å². The second-order valence-electron chi connectivity index (χ2n) is 3.25. The summed E-state index contributed by atoms with van der Waals surface area (Å²) in [5, 5.41) is 2.80. The Morgan fingerprint density at radius 2 is 2.29 bits per heavy atom. The molecule has 2 rings (SSSR count). The van der Waals surface area contributed by atoms with Crippen LogP contribution >= 0.6 is 11.3 Å². The maximum absolute atomic E-state index is 11.8. The highest BCUT2D eigenvalue weighted by molar-refractivity contribution is 7.11. The number of carbonyl (C=O) groups is 1. The average Bonchev–Trinajstić information content (AvgIpc) is 2.85. The first-order valence-corrected chi connectivity index (χ1v) is 6.11. The van der Waals surface area contributed by atoms with Crippen LogP contribution in [0.5, 0.6) is 5.75 Å². The molecule has 1 aromatic heterocycles. The molecule has 0 bridgehead atoms. The molecule has 0 aliphatic heterocycles. The third kappa shape index (κ3) is 2.82. The van der Waals surface area contributed by atoms with Crippen LogP contribution in [0.2, 0.25) is 0 Å². The van der Waals surface area contributed by atoms with E-state index in [4.69, 9.17) is 4.74 Å². The van der Waals surface area contributed by atoms with Gasteiger partial charge in [-0.15, -0.1) is 11.3 Å². The maximum atomic E-state index is 11.8. The van der Waals surface area contributed by atoms with Crippen LogP contribution in [-0.2, 0) is 0 Å². The van der Waals surface area contributed by atoms with Crippen molar-refractivity contribution in [2.24, 2.45) is 0 Å². The first-order chi connectivity index (χ1) is 8.31. The van der Waals surface area contributed by atoms with Crippen molar-refractivity contribution in [3.63, 3.8) is 0 Å². The molecule has 17 heavy (non-hydrogen) atoms. The molecule has 4 nitrogen and oxygen atoms in total. The van der Waals surface area contributed by atoms with Gasteiger partial charge in [0.05, 0.1) is 24.0 Å². The maximum Gasteiger partial charge on any atom is 0.267 e. The highest BCUT2D eigenvalue weighted by Crippen LogP contribution is 2.24. The van der Waals surface area contributed by atoms with Gasteiger partial charge in [0, 0.05) is 0 Å². The van der Waals surface area contributed by atoms with E-state index in [9.17, 15) is 4.79 Å². The van der Waals surface area contributed by atoms with Crippen molar-refractivity contribution in [2.75, 3.05) is 11.9 Å². The van der Waals surface area contributed by atoms with Crippen molar-refractivity contribution >= 4 is 22.9 Å². The Morgan fingerprint density at radius 1 is 1.47 bits per heavy atom. The lowest BCUT2D eigenvalue weighted by Gasteiger charge is -2.10. The smallest absolute Gasteiger partial charge is 0.267 e. The topological polar surface area (TPSA) is 51.2 Å². The molecule has 0 fully saturated rings. The van der Waals surface area contributed by atoms with Crippen LogP contribution in [0, 0.1) is 0 Å². The summed E-state index contributed by atoms with van der Waals surface area (Å²) < 4.78 is 5.43. The number of hydrogen-bond donors (Lipinski definition) is 1. The van der Waals surface area contributed by atoms with E-state index in [-0.39, 0.29) is 5.91 Å². The van der Waals surface area contributed by atoms with Crippen LogP contribution in [0.3, 0.4) is 0 Å². The first kappa shape index (κ1) is 11.6. The van der Waals surface area contributed by atoms with E-state index in [1.807, 2.05) is 31.2 Å². The van der Waals surface area contributed by atoms with Crippen LogP contribution in [0.4, 0.5) is 5.69 Å². The van der Waals surface area contributed by atoms with Crippen molar-refractivity contribution in [1.82, 2.24) is 4.98 Å². The lowest BCUT2D eigenvalue weighted by molar-refractivity contribution is 0.103. The number of thiazole rings is 1. The summed E-state index contributed by atoms with van der Waals surface area (Å²) in [4.78, 5) is 16.3. The summed E-state index contributed by atoms with van der Waals surface area (Å²) in [6.07, 6.45) is 1.54. The molecule has 1 N–H and O–H groups in total. The van der Waals surface area contributed by atoms with Crippen molar-refractivity contribution < 1.29 is 9.53 Å². The lowest BCUT2D eigenvalue weighted by atomic mass is 10.3. The number of nitrogens with zero attached hydrogens (tertiary/aromatic N) is 1. The van der Waals surface area contributed by atoms with Gasteiger partial charge in [-0.1, -0.05) is 12.1 Å². The fourth-order valence-corrected chi connectivity index (χ4v) is 1.88. The zero-order chi connectivity index (χ0) is 12.1. The first-order valence-electron chi connectivity index (χ1n) is 5.23. The highest BCUT2D eigenvalue weighted by atomic mass is 32.1. The second kappa shape index (κ2) is 5.45. The van der Waals surface area contributed by atoms with Crippen LogP contribution in [0.15, 0.2) is 36.0 Å². The van der Waals surface area contributed by atoms with Gasteiger partial charge in [0.25, 0.3) is 5.91 Å². The molecule has 0 radical (unpaired) electrons. The third-order valence-electron chi connectivity index (χ3n) is 2.09. The van der Waals surface area contributed by atoms with Crippen molar-refractivity contribution in [3.8, 4) is 5.75 Å². The molecule has 5 heteroatoms. The van der Waals surface area contributed by atoms with E-state index in [2.05, 4.69) is 10.3 Å². The predicted molar refractivity (Wildman–Crippen MR) is 67.7 cm³/mol. The number of nitrogens with one attached hydrogen (secondary N) is 1. The number of benzene rings is 1. The summed E-state index contributed by atoms with van der Waals surface area (Å²) in [5.74, 6) is 0.507. The third-order valence-corrected chi connectivity index (χ3v) is 2.86. The Bertz CT molecular complexity index is 497. The average molecular weight is 248 g/mol. The Balaban J connectivity index is 2.15. The monoisotopic (exact) mass is 248 g/mol. The number of carbonyl (C=O) groups excluding carboxylic acids is 1. The standard InChI is InChI=1S/C12H12N2O2S/c1-2-16-10-6-4-3-5-9(10)14-12(15)11-7-13-8-17-11/h3-8H,2H2,1H3,(H,14,15). The molecule has 0 aliphatic rings. The molecule has 1 amide bonds. The second-order valence-corrected chi connectivity index (χ2v) is 4.14. The zero-order valence-corrected chi connectivity index (χ0v) is 10.2. The number of para-hydroxylation sites is 2. The van der Waals surface area contributed by atoms with E-state index < -0.39 is 0 Å². The molecule has 2 aromatic rings. The summed E-state index contributed by atoms with van der Waals surface area (Å²) in [7, 11) is 0. The van der Waals surface area contributed by atoms with Gasteiger partial charge in [-0.25, -0.2) is 0 Å². The summed E-state index contributed by atoms with van der Waals surface area (Å²) in [5.41, 5.74) is 2.30. The zero-order valence-electron chi connectivity index (χ0n) is 9.34. The highest BCUT2D eigenvalue weighted by Gasteiger charge is 2.10. The fraction of sp³-hybridized carbons (Fsp3) is 0.167. The number of anilines is 1. The lowest BCUT2D eigenvalue weighted by Crippen LogP contribution is -2.11. The molecular weight excluding hydrogens is 236 g/mol. The minimum atomic E-state index is -0.167. The molecule has 0 atom stereocenters. The Kier molecular flexibility index (Phi) is 3.72. The van der Waals surface area contributed by atoms with Gasteiger partial charge in [-0.05, 0) is 19.1 Å². The van der Waals surface area contributed by atoms with Crippen LogP contribution < -0.4 is 10.1 Å². The van der Waals surface area contributed by atoms with Gasteiger partial charge in [-0.2, -0.15) is 0 Å². The van der Waals surface area contributed by atoms with Gasteiger partial charge >= 0.3 is 0 Å². The van der Waals surface area contributed by atoms with E-state index in [0.717, 1.165) is 0 Å². The van der Waals surface area contributed by atoms with E-state index in [1.54, 1.807) is 11.7 Å². The molecule has 0 spiro atoms. The van der Waals surface area contributed by atoms with Gasteiger partial charge in [-0.3, -0.25) is 9.78 Å². The number of amides is 1. The Morgan fingerprint density at radius 3 is 3.00 bits per heavy atom. The van der Waals surface area contributed by atoms with Gasteiger partial charge in [0.1, 0.15) is 10.6 Å². The molecule has 0 saturated carbocycles. The normalized spacial score (nSPS) is 9.94. The quantitative estimate of drug-likeness (QED) is 0.905. The Hall–Kier alpha value is -1.88. The van der Waals surface area contributed by atoms with Crippen molar-refractivity contribution in [3.05, 3.63) is 40.8 Å². The molecule has 0 saturated heterocycles. The van der Waals surface area contributed by atoms with Crippen LogP contribution in [0.25, 0.3) is 0 Å². The van der Waals surface area contributed by atoms with Crippen LogP contribution in [0.1, 0.15) is 16.6 Å². The minimum absolute atomic E-state index is 0.167. The van der Waals surface area contributed by atoms with E-state index >= 15 is 0 Å². The largest absolute Gasteiger partial charge is 0.492 e. The summed E-state index contributed by atoms with van der Waals surface area (Å²) in [6, 6.07) is 7.36. The SMILES string of the molecule is CCOc1ccccc1NC(=O)c1cncs1. The molecule has 88 valence electrons. The van der Waals surface area contributed by atoms with Gasteiger partial charge < -0.3 is 10.1 Å². The molecule has 1 heterocycles. The number of aromatic nitrogens is 1. The predicted octanol–water partition coefficient (Wildman–Crippen LogP) is 2.79. The summed E-state index contributed by atoms with van der Waals surface area (Å²) >= 11 is 1.31. The van der Waals surface area contributed by atoms with Crippen molar-refractivity contribution in [1.29, 1.82) is 0 Å². The van der Waals surface area contributed by atoms with Gasteiger partial charge in [0.2, 0.25) is 0 Å². The fourth-order valence-electron chi connectivity index (χ4n) is 1.36. The molecule has 1 aromatic carbocycles. The summed E-state index contributed by atoms with van der Waals surface area (Å²) in [6.45, 7) is 2.47. The van der Waals surface area contributed by atoms with Gasteiger partial charge in [0.15, 0.2) is 0 Å². The molecular formula is C12H12N2O2S. The minimum Gasteiger partial charge on any atom is -0.492 e. The number of hydrogen-bond acceptors (Lipinski definition) is 4. The Labute approximate surface area is 103 Å². The number of rotatable bonds is 4. The molecule has 0 unspecified atom stereocenters. The number of ether oxygens (including phenoxy) is 1. The van der Waals surface area contributed by atoms with E-state index in [0.29, 0.717) is 22.9 Å².